The molecule has 1 aromatic carbocycles. The van der Waals surface area contributed by atoms with Crippen LogP contribution in [0, 0.1) is 0 Å². The number of nitrogens with one attached hydrogen (secondary N) is 2. The van der Waals surface area contributed by atoms with E-state index in [-0.39, 0.29) is 29.3 Å². The van der Waals surface area contributed by atoms with Gasteiger partial charge in [0.25, 0.3) is 0 Å². The monoisotopic (exact) mass is 567 g/mol. The maximum absolute atomic E-state index is 12.2. The highest BCUT2D eigenvalue weighted by Crippen LogP contribution is 2.38. The third kappa shape index (κ3) is 7.69. The molecule has 0 unspecified atom stereocenters. The Labute approximate surface area is 228 Å². The maximum atomic E-state index is 12.2. The number of carbonyl (C=O) groups excluding carboxylic acids is 1. The lowest BCUT2D eigenvalue weighted by Gasteiger charge is -2.26. The second-order valence-corrected chi connectivity index (χ2v) is 11.5. The first-order valence-corrected chi connectivity index (χ1v) is 14.1. The SMILES string of the molecule is C=CC(=O)Nc1cc(Nc2ncc(Cl)c(O[C@@H]3CCN(S(C)(=O)=O)C3)n2)c(OC)cc1N(C)CCN(C)C. The minimum atomic E-state index is -3.31. The van der Waals surface area contributed by atoms with Crippen LogP contribution in [0.3, 0.4) is 0 Å². The van der Waals surface area contributed by atoms with Gasteiger partial charge in [-0.15, -0.1) is 0 Å². The number of likely N-dealkylation sites (N-methyl/N-ethyl adjacent to an activating group) is 2. The van der Waals surface area contributed by atoms with Crippen LogP contribution in [0.25, 0.3) is 0 Å². The summed E-state index contributed by atoms with van der Waals surface area (Å²) in [5, 5.41) is 6.14. The minimum absolute atomic E-state index is 0.128. The molecular formula is C24H34ClN7O5S. The lowest BCUT2D eigenvalue weighted by atomic mass is 10.2. The molecule has 1 aliphatic rings. The van der Waals surface area contributed by atoms with Gasteiger partial charge < -0.3 is 29.9 Å². The summed E-state index contributed by atoms with van der Waals surface area (Å²) in [4.78, 5) is 24.9. The molecule has 2 heterocycles. The highest BCUT2D eigenvalue weighted by Gasteiger charge is 2.30. The molecule has 0 bridgehead atoms. The Bertz CT molecular complexity index is 1280. The Balaban J connectivity index is 1.88. The van der Waals surface area contributed by atoms with Gasteiger partial charge in [0.2, 0.25) is 27.8 Å². The highest BCUT2D eigenvalue weighted by atomic mass is 35.5. The summed E-state index contributed by atoms with van der Waals surface area (Å²) in [6.07, 6.45) is 3.88. The molecule has 208 valence electrons. The van der Waals surface area contributed by atoms with Crippen molar-refractivity contribution in [2.24, 2.45) is 0 Å². The number of rotatable bonds is 12. The minimum Gasteiger partial charge on any atom is -0.494 e. The fourth-order valence-corrected chi connectivity index (χ4v) is 4.78. The average molecular weight is 568 g/mol. The number of hydrogen-bond donors (Lipinski definition) is 2. The van der Waals surface area contributed by atoms with Crippen LogP contribution in [0.15, 0.2) is 31.0 Å². The van der Waals surface area contributed by atoms with Crippen LogP contribution < -0.4 is 25.0 Å². The summed E-state index contributed by atoms with van der Waals surface area (Å²) in [5.41, 5.74) is 1.79. The number of aromatic nitrogens is 2. The summed E-state index contributed by atoms with van der Waals surface area (Å²) in [6, 6.07) is 3.53. The van der Waals surface area contributed by atoms with Crippen LogP contribution in [-0.4, -0.2) is 100 Å². The summed E-state index contributed by atoms with van der Waals surface area (Å²) in [5.74, 6) is 0.439. The predicted octanol–water partition coefficient (Wildman–Crippen LogP) is 2.42. The number of amides is 1. The molecule has 1 fully saturated rings. The van der Waals surface area contributed by atoms with Gasteiger partial charge in [-0.3, -0.25) is 4.79 Å². The van der Waals surface area contributed by atoms with Gasteiger partial charge in [0, 0.05) is 32.7 Å². The fraction of sp³-hybridized carbons (Fsp3) is 0.458. The molecule has 1 aliphatic heterocycles. The molecule has 1 amide bonds. The van der Waals surface area contributed by atoms with E-state index in [0.29, 0.717) is 36.6 Å². The molecule has 12 nitrogen and oxygen atoms in total. The van der Waals surface area contributed by atoms with Gasteiger partial charge >= 0.3 is 0 Å². The number of ether oxygens (including phenoxy) is 2. The van der Waals surface area contributed by atoms with Gasteiger partial charge in [0.05, 0.1) is 43.2 Å². The van der Waals surface area contributed by atoms with Crippen molar-refractivity contribution >= 4 is 50.5 Å². The van der Waals surface area contributed by atoms with Gasteiger partial charge in [0.15, 0.2) is 0 Å². The number of nitrogens with zero attached hydrogens (tertiary/aromatic N) is 5. The second kappa shape index (κ2) is 12.6. The van der Waals surface area contributed by atoms with Gasteiger partial charge in [-0.25, -0.2) is 13.4 Å². The molecule has 3 rings (SSSR count). The molecule has 2 N–H and O–H groups in total. The Morgan fingerprint density at radius 1 is 1.29 bits per heavy atom. The Morgan fingerprint density at radius 3 is 2.63 bits per heavy atom. The van der Waals surface area contributed by atoms with E-state index < -0.39 is 16.1 Å². The topological polar surface area (TPSA) is 129 Å². The van der Waals surface area contributed by atoms with E-state index in [1.54, 1.807) is 6.07 Å². The van der Waals surface area contributed by atoms with Crippen LogP contribution in [0.5, 0.6) is 11.6 Å². The number of sulfonamides is 1. The smallest absolute Gasteiger partial charge is 0.247 e. The first kappa shape index (κ1) is 29.4. The Kier molecular flexibility index (Phi) is 9.77. The average Bonchev–Trinajstić information content (AvgIpc) is 3.34. The number of carbonyl (C=O) groups is 1. The lowest BCUT2D eigenvalue weighted by molar-refractivity contribution is -0.111. The summed E-state index contributed by atoms with van der Waals surface area (Å²) < 4.78 is 36.5. The molecule has 2 aromatic rings. The number of anilines is 4. The highest BCUT2D eigenvalue weighted by molar-refractivity contribution is 7.88. The molecule has 1 atom stereocenters. The van der Waals surface area contributed by atoms with Crippen LogP contribution in [0.1, 0.15) is 6.42 Å². The molecule has 38 heavy (non-hydrogen) atoms. The predicted molar refractivity (Wildman–Crippen MR) is 149 cm³/mol. The standard InChI is InChI=1S/C24H34ClN7O5S/c1-7-22(33)27-18-12-19(21(36-5)13-20(18)31(4)11-10-30(2)3)28-24-26-14-17(25)23(29-24)37-16-8-9-32(15-16)38(6,34)35/h7,12-14,16H,1,8-11,15H2,2-6H3,(H,27,33)(H,26,28,29)/t16-/m1/s1. The zero-order valence-electron chi connectivity index (χ0n) is 22.2. The van der Waals surface area contributed by atoms with E-state index >= 15 is 0 Å². The molecule has 14 heteroatoms. The summed E-state index contributed by atoms with van der Waals surface area (Å²) in [7, 11) is 4.13. The van der Waals surface area contributed by atoms with E-state index in [4.69, 9.17) is 21.1 Å². The van der Waals surface area contributed by atoms with E-state index in [1.165, 1.54) is 29.9 Å². The van der Waals surface area contributed by atoms with E-state index in [1.807, 2.05) is 32.1 Å². The third-order valence-electron chi connectivity index (χ3n) is 5.87. The van der Waals surface area contributed by atoms with Crippen molar-refractivity contribution in [1.82, 2.24) is 19.2 Å². The van der Waals surface area contributed by atoms with Crippen LogP contribution in [0.2, 0.25) is 5.02 Å². The van der Waals surface area contributed by atoms with Gasteiger partial charge in [-0.05, 0) is 32.7 Å². The molecule has 1 aromatic heterocycles. The zero-order chi connectivity index (χ0) is 28.0. The van der Waals surface area contributed by atoms with Crippen LogP contribution in [-0.2, 0) is 14.8 Å². The van der Waals surface area contributed by atoms with E-state index in [0.717, 1.165) is 12.2 Å². The molecule has 0 aliphatic carbocycles. The number of benzene rings is 1. The Morgan fingerprint density at radius 2 is 2.03 bits per heavy atom. The molecule has 0 radical (unpaired) electrons. The van der Waals surface area contributed by atoms with E-state index in [9.17, 15) is 13.2 Å². The van der Waals surface area contributed by atoms with E-state index in [2.05, 4.69) is 32.1 Å². The van der Waals surface area contributed by atoms with Gasteiger partial charge in [0.1, 0.15) is 16.9 Å². The van der Waals surface area contributed by atoms with Gasteiger partial charge in [-0.2, -0.15) is 9.29 Å². The van der Waals surface area contributed by atoms with Crippen LogP contribution in [0.4, 0.5) is 23.0 Å². The van der Waals surface area contributed by atoms with Crippen molar-refractivity contribution in [2.75, 3.05) is 76.2 Å². The number of methoxy groups -OCH3 is 1. The molecule has 1 saturated heterocycles. The first-order valence-electron chi connectivity index (χ1n) is 11.8. The number of hydrogen-bond acceptors (Lipinski definition) is 10. The summed E-state index contributed by atoms with van der Waals surface area (Å²) in [6.45, 7) is 5.63. The molecule has 0 spiro atoms. The first-order chi connectivity index (χ1) is 17.9. The van der Waals surface area contributed by atoms with Crippen LogP contribution >= 0.6 is 11.6 Å². The Hall–Kier alpha value is -3.13. The van der Waals surface area contributed by atoms with Crippen molar-refractivity contribution in [1.29, 1.82) is 0 Å². The molecular weight excluding hydrogens is 534 g/mol. The van der Waals surface area contributed by atoms with Crippen molar-refractivity contribution in [3.05, 3.63) is 36.0 Å². The van der Waals surface area contributed by atoms with Crippen molar-refractivity contribution in [3.8, 4) is 11.6 Å². The summed E-state index contributed by atoms with van der Waals surface area (Å²) >= 11 is 6.27. The van der Waals surface area contributed by atoms with Crippen molar-refractivity contribution < 1.29 is 22.7 Å². The normalized spacial score (nSPS) is 15.8. The third-order valence-corrected chi connectivity index (χ3v) is 7.40. The lowest BCUT2D eigenvalue weighted by Crippen LogP contribution is -2.30. The zero-order valence-corrected chi connectivity index (χ0v) is 23.8. The number of halogens is 1. The maximum Gasteiger partial charge on any atom is 0.247 e. The largest absolute Gasteiger partial charge is 0.494 e. The van der Waals surface area contributed by atoms with Crippen molar-refractivity contribution in [3.63, 3.8) is 0 Å². The fourth-order valence-electron chi connectivity index (χ4n) is 3.77. The second-order valence-electron chi connectivity index (χ2n) is 9.11. The quantitative estimate of drug-likeness (QED) is 0.369. The van der Waals surface area contributed by atoms with Crippen molar-refractivity contribution in [2.45, 2.75) is 12.5 Å². The van der Waals surface area contributed by atoms with Gasteiger partial charge in [-0.1, -0.05) is 18.2 Å². The molecule has 0 saturated carbocycles.